The molecular weight excluding hydrogens is 264 g/mol. The van der Waals surface area contributed by atoms with Gasteiger partial charge < -0.3 is 10.0 Å². The van der Waals surface area contributed by atoms with Crippen LogP contribution in [0.2, 0.25) is 5.02 Å². The molecule has 1 N–H and O–H groups in total. The molecule has 1 aliphatic heterocycles. The lowest BCUT2D eigenvalue weighted by atomic mass is 10.1. The molecule has 0 spiro atoms. The van der Waals surface area contributed by atoms with E-state index in [1.54, 1.807) is 11.0 Å². The number of rotatable bonds is 2. The van der Waals surface area contributed by atoms with Crippen molar-refractivity contribution in [1.29, 1.82) is 0 Å². The van der Waals surface area contributed by atoms with Gasteiger partial charge in [-0.15, -0.1) is 0 Å². The molecule has 1 saturated heterocycles. The van der Waals surface area contributed by atoms with Crippen molar-refractivity contribution >= 4 is 17.5 Å². The van der Waals surface area contributed by atoms with E-state index in [-0.39, 0.29) is 11.7 Å². The summed E-state index contributed by atoms with van der Waals surface area (Å²) in [5.74, 6) is -0.130. The molecule has 0 bridgehead atoms. The molecule has 3 rings (SSSR count). The van der Waals surface area contributed by atoms with E-state index in [1.165, 1.54) is 25.0 Å². The van der Waals surface area contributed by atoms with Crippen LogP contribution in [0.1, 0.15) is 23.2 Å². The third-order valence-corrected chi connectivity index (χ3v) is 4.09. The number of hydrogen-bond donors (Lipinski definition) is 1. The Hall–Kier alpha value is -1.26. The summed E-state index contributed by atoms with van der Waals surface area (Å²) in [4.78, 5) is 16.6. The average molecular weight is 281 g/mol. The summed E-state index contributed by atoms with van der Waals surface area (Å²) >= 11 is 5.88. The average Bonchev–Trinajstić information content (AvgIpc) is 3.25. The van der Waals surface area contributed by atoms with Gasteiger partial charge in [-0.25, -0.2) is 0 Å². The van der Waals surface area contributed by atoms with Crippen LogP contribution in [0.25, 0.3) is 0 Å². The van der Waals surface area contributed by atoms with Crippen molar-refractivity contribution in [1.82, 2.24) is 9.80 Å². The maximum absolute atomic E-state index is 12.4. The third kappa shape index (κ3) is 2.69. The largest absolute Gasteiger partial charge is 0.507 e. The van der Waals surface area contributed by atoms with Crippen molar-refractivity contribution < 1.29 is 9.90 Å². The van der Waals surface area contributed by atoms with Gasteiger partial charge in [-0.3, -0.25) is 9.69 Å². The SMILES string of the molecule is O=C(c1cc(Cl)ccc1O)N1CCN(C2CC2)CC1. The van der Waals surface area contributed by atoms with Crippen LogP contribution >= 0.6 is 11.6 Å². The van der Waals surface area contributed by atoms with E-state index in [9.17, 15) is 9.90 Å². The first-order valence-electron chi connectivity index (χ1n) is 6.67. The second kappa shape index (κ2) is 5.02. The van der Waals surface area contributed by atoms with Crippen molar-refractivity contribution in [3.8, 4) is 5.75 Å². The molecule has 0 aromatic heterocycles. The molecular formula is C14H17ClN2O2. The minimum atomic E-state index is -0.129. The molecule has 1 aromatic rings. The van der Waals surface area contributed by atoms with Gasteiger partial charge in [0.25, 0.3) is 5.91 Å². The summed E-state index contributed by atoms with van der Waals surface area (Å²) < 4.78 is 0. The Morgan fingerprint density at radius 2 is 1.89 bits per heavy atom. The molecule has 0 atom stereocenters. The summed E-state index contributed by atoms with van der Waals surface area (Å²) in [6.45, 7) is 3.30. The van der Waals surface area contributed by atoms with E-state index in [0.717, 1.165) is 32.2 Å². The smallest absolute Gasteiger partial charge is 0.257 e. The topological polar surface area (TPSA) is 43.8 Å². The van der Waals surface area contributed by atoms with Crippen LogP contribution in [-0.2, 0) is 0 Å². The summed E-state index contributed by atoms with van der Waals surface area (Å²) in [6.07, 6.45) is 2.59. The molecule has 4 nitrogen and oxygen atoms in total. The Kier molecular flexibility index (Phi) is 3.37. The molecule has 1 aliphatic carbocycles. The summed E-state index contributed by atoms with van der Waals surface area (Å²) in [5.41, 5.74) is 0.298. The molecule has 1 saturated carbocycles. The first kappa shape index (κ1) is 12.8. The fourth-order valence-electron chi connectivity index (χ4n) is 2.58. The van der Waals surface area contributed by atoms with E-state index in [2.05, 4.69) is 4.90 Å². The Morgan fingerprint density at radius 3 is 2.53 bits per heavy atom. The second-order valence-electron chi connectivity index (χ2n) is 5.22. The number of phenols is 1. The molecule has 1 amide bonds. The third-order valence-electron chi connectivity index (χ3n) is 3.85. The van der Waals surface area contributed by atoms with E-state index < -0.39 is 0 Å². The standard InChI is InChI=1S/C14H17ClN2O2/c15-10-1-4-13(18)12(9-10)14(19)17-7-5-16(6-8-17)11-2-3-11/h1,4,9,11,18H,2-3,5-8H2. The van der Waals surface area contributed by atoms with Crippen molar-refractivity contribution in [3.63, 3.8) is 0 Å². The minimum Gasteiger partial charge on any atom is -0.507 e. The van der Waals surface area contributed by atoms with Gasteiger partial charge in [0.1, 0.15) is 5.75 Å². The van der Waals surface area contributed by atoms with Crippen molar-refractivity contribution in [2.75, 3.05) is 26.2 Å². The van der Waals surface area contributed by atoms with Crippen molar-refractivity contribution in [3.05, 3.63) is 28.8 Å². The second-order valence-corrected chi connectivity index (χ2v) is 5.66. The van der Waals surface area contributed by atoms with E-state index in [1.807, 2.05) is 0 Å². The number of aromatic hydroxyl groups is 1. The molecule has 5 heteroatoms. The monoisotopic (exact) mass is 280 g/mol. The highest BCUT2D eigenvalue weighted by atomic mass is 35.5. The van der Waals surface area contributed by atoms with Crippen molar-refractivity contribution in [2.45, 2.75) is 18.9 Å². The van der Waals surface area contributed by atoms with E-state index in [0.29, 0.717) is 10.6 Å². The van der Waals surface area contributed by atoms with E-state index in [4.69, 9.17) is 11.6 Å². The maximum Gasteiger partial charge on any atom is 0.257 e. The van der Waals surface area contributed by atoms with Gasteiger partial charge in [0, 0.05) is 37.2 Å². The highest BCUT2D eigenvalue weighted by Crippen LogP contribution is 2.28. The number of carbonyl (C=O) groups is 1. The van der Waals surface area contributed by atoms with E-state index >= 15 is 0 Å². The zero-order valence-corrected chi connectivity index (χ0v) is 11.4. The van der Waals surface area contributed by atoms with Crippen LogP contribution in [0.3, 0.4) is 0 Å². The van der Waals surface area contributed by atoms with Crippen LogP contribution < -0.4 is 0 Å². The zero-order chi connectivity index (χ0) is 13.4. The summed E-state index contributed by atoms with van der Waals surface area (Å²) in [6, 6.07) is 5.33. The zero-order valence-electron chi connectivity index (χ0n) is 10.7. The number of nitrogens with zero attached hydrogens (tertiary/aromatic N) is 2. The molecule has 1 heterocycles. The molecule has 2 fully saturated rings. The van der Waals surface area contributed by atoms with Gasteiger partial charge in [-0.1, -0.05) is 11.6 Å². The number of benzene rings is 1. The predicted octanol–water partition coefficient (Wildman–Crippen LogP) is 1.97. The lowest BCUT2D eigenvalue weighted by molar-refractivity contribution is 0.0624. The first-order chi connectivity index (χ1) is 9.15. The maximum atomic E-state index is 12.4. The number of hydrogen-bond acceptors (Lipinski definition) is 3. The van der Waals surface area contributed by atoms with Gasteiger partial charge in [-0.2, -0.15) is 0 Å². The van der Waals surface area contributed by atoms with Crippen LogP contribution in [0, 0.1) is 0 Å². The quantitative estimate of drug-likeness (QED) is 0.901. The van der Waals surface area contributed by atoms with Gasteiger partial charge in [0.05, 0.1) is 5.56 Å². The molecule has 102 valence electrons. The number of amides is 1. The number of phenolic OH excluding ortho intramolecular Hbond substituents is 1. The Bertz CT molecular complexity index is 494. The fraction of sp³-hybridized carbons (Fsp3) is 0.500. The molecule has 2 aliphatic rings. The minimum absolute atomic E-state index is 0.000905. The number of halogens is 1. The van der Waals surface area contributed by atoms with Crippen molar-refractivity contribution in [2.24, 2.45) is 0 Å². The van der Waals surface area contributed by atoms with Gasteiger partial charge in [-0.05, 0) is 31.0 Å². The van der Waals surface area contributed by atoms with Gasteiger partial charge >= 0.3 is 0 Å². The Balaban J connectivity index is 1.68. The molecule has 1 aromatic carbocycles. The lowest BCUT2D eigenvalue weighted by Gasteiger charge is -2.34. The first-order valence-corrected chi connectivity index (χ1v) is 7.05. The van der Waals surface area contributed by atoms with Gasteiger partial charge in [0.2, 0.25) is 0 Å². The van der Waals surface area contributed by atoms with Gasteiger partial charge in [0.15, 0.2) is 0 Å². The van der Waals surface area contributed by atoms with Crippen LogP contribution in [-0.4, -0.2) is 53.0 Å². The molecule has 0 radical (unpaired) electrons. The Labute approximate surface area is 117 Å². The summed E-state index contributed by atoms with van der Waals surface area (Å²) in [7, 11) is 0. The number of piperazine rings is 1. The van der Waals surface area contributed by atoms with Crippen LogP contribution in [0.15, 0.2) is 18.2 Å². The summed E-state index contributed by atoms with van der Waals surface area (Å²) in [5, 5.41) is 10.2. The highest BCUT2D eigenvalue weighted by Gasteiger charge is 2.32. The fourth-order valence-corrected chi connectivity index (χ4v) is 2.75. The Morgan fingerprint density at radius 1 is 1.21 bits per heavy atom. The highest BCUT2D eigenvalue weighted by molar-refractivity contribution is 6.31. The molecule has 19 heavy (non-hydrogen) atoms. The lowest BCUT2D eigenvalue weighted by Crippen LogP contribution is -2.49. The normalized spacial score (nSPS) is 20.6. The number of carbonyl (C=O) groups excluding carboxylic acids is 1. The predicted molar refractivity (Wildman–Crippen MR) is 73.6 cm³/mol. The van der Waals surface area contributed by atoms with Crippen LogP contribution in [0.5, 0.6) is 5.75 Å². The molecule has 0 unspecified atom stereocenters. The van der Waals surface area contributed by atoms with Crippen LogP contribution in [0.4, 0.5) is 0 Å².